The minimum atomic E-state index is -3.99. The number of aromatic nitrogens is 2. The molecule has 53 heavy (non-hydrogen) atoms. The molecule has 1 saturated heterocycles. The van der Waals surface area contributed by atoms with Gasteiger partial charge in [0.1, 0.15) is 12.4 Å². The number of halogens is 1. The fraction of sp³-hybridized carbons (Fsp3) is 0.550. The number of carbonyl (C=O) groups excluding carboxylic acids is 1. The third kappa shape index (κ3) is 7.50. The summed E-state index contributed by atoms with van der Waals surface area (Å²) in [5.74, 6) is -0.000777. The highest BCUT2D eigenvalue weighted by Crippen LogP contribution is 2.52. The van der Waals surface area contributed by atoms with E-state index < -0.39 is 26.3 Å². The monoisotopic (exact) mass is 763 g/mol. The van der Waals surface area contributed by atoms with Crippen molar-refractivity contribution < 1.29 is 27.8 Å². The molecular weight excluding hydrogens is 714 g/mol. The highest BCUT2D eigenvalue weighted by molar-refractivity contribution is 7.91. The summed E-state index contributed by atoms with van der Waals surface area (Å²) >= 11 is 6.39. The number of nitrogens with zero attached hydrogens (tertiary/aromatic N) is 4. The topological polar surface area (TPSA) is 126 Å². The lowest BCUT2D eigenvalue weighted by molar-refractivity contribution is -0.0953. The van der Waals surface area contributed by atoms with Gasteiger partial charge in [0, 0.05) is 55.7 Å². The molecule has 3 aliphatic heterocycles. The molecule has 2 aromatic carbocycles. The summed E-state index contributed by atoms with van der Waals surface area (Å²) in [6.07, 6.45) is 15.0. The van der Waals surface area contributed by atoms with Crippen LogP contribution >= 0.6 is 11.6 Å². The van der Waals surface area contributed by atoms with Crippen molar-refractivity contribution in [2.45, 2.75) is 81.4 Å². The molecule has 0 spiro atoms. The zero-order valence-electron chi connectivity index (χ0n) is 30.3. The minimum absolute atomic E-state index is 0.0156. The lowest BCUT2D eigenvalue weighted by Gasteiger charge is -2.50. The Bertz CT molecular complexity index is 1960. The SMILES string of the molecule is C[C@@]12C[C@H]1C/C=C/[C@@](O)(CN1CCOC[C@@H]1Cn1ccnc1)[C@@H]1CC[C@H]1CN1CCCCc3cc(Cl)ccc3COc3ccc(cc31)C(=O)NS2(=O)=O. The predicted octanol–water partition coefficient (Wildman–Crippen LogP) is 5.21. The zero-order chi connectivity index (χ0) is 36.8. The zero-order valence-corrected chi connectivity index (χ0v) is 31.9. The fourth-order valence-corrected chi connectivity index (χ4v) is 10.7. The Kier molecular flexibility index (Phi) is 10.1. The van der Waals surface area contributed by atoms with Gasteiger partial charge in [0.25, 0.3) is 5.91 Å². The number of amides is 1. The van der Waals surface area contributed by atoms with E-state index in [1.807, 2.05) is 42.9 Å². The Morgan fingerprint density at radius 3 is 2.81 bits per heavy atom. The number of sulfonamides is 1. The molecule has 4 heterocycles. The Balaban J connectivity index is 1.15. The molecule has 13 heteroatoms. The summed E-state index contributed by atoms with van der Waals surface area (Å²) in [5.41, 5.74) is 2.12. The molecule has 1 amide bonds. The van der Waals surface area contributed by atoms with Crippen LogP contribution in [0.3, 0.4) is 0 Å². The second-order valence-electron chi connectivity index (χ2n) is 16.0. The van der Waals surface area contributed by atoms with E-state index in [2.05, 4.69) is 24.1 Å². The summed E-state index contributed by atoms with van der Waals surface area (Å²) in [7, 11) is -3.99. The number of aryl methyl sites for hydroxylation is 1. The van der Waals surface area contributed by atoms with Gasteiger partial charge < -0.3 is 24.0 Å². The summed E-state index contributed by atoms with van der Waals surface area (Å²) in [6, 6.07) is 11.2. The number of ether oxygens (including phenoxy) is 2. The Hall–Kier alpha value is -3.42. The molecule has 11 nitrogen and oxygen atoms in total. The van der Waals surface area contributed by atoms with Crippen LogP contribution in [0, 0.1) is 17.8 Å². The number of anilines is 1. The molecule has 2 N–H and O–H groups in total. The number of nitrogens with one attached hydrogen (secondary N) is 1. The van der Waals surface area contributed by atoms with E-state index in [1.54, 1.807) is 31.3 Å². The number of aliphatic hydroxyl groups is 1. The van der Waals surface area contributed by atoms with Crippen molar-refractivity contribution in [2.24, 2.45) is 17.8 Å². The molecule has 2 saturated carbocycles. The van der Waals surface area contributed by atoms with Crippen molar-refractivity contribution in [2.75, 3.05) is 44.3 Å². The van der Waals surface area contributed by atoms with Crippen LogP contribution in [0.5, 0.6) is 5.75 Å². The number of fused-ring (bicyclic) bond motifs is 4. The van der Waals surface area contributed by atoms with Gasteiger partial charge in [0.15, 0.2) is 0 Å². The number of carbonyl (C=O) groups is 1. The molecule has 3 fully saturated rings. The number of hydrogen-bond acceptors (Lipinski definition) is 9. The number of benzene rings is 2. The van der Waals surface area contributed by atoms with E-state index in [-0.39, 0.29) is 29.4 Å². The molecule has 5 aliphatic rings. The number of hydrogen-bond donors (Lipinski definition) is 2. The normalized spacial score (nSPS) is 32.4. The van der Waals surface area contributed by atoms with Gasteiger partial charge in [-0.25, -0.2) is 18.1 Å². The van der Waals surface area contributed by atoms with Crippen LogP contribution in [0.4, 0.5) is 5.69 Å². The van der Waals surface area contributed by atoms with Gasteiger partial charge in [-0.15, -0.1) is 0 Å². The van der Waals surface area contributed by atoms with Crippen molar-refractivity contribution in [3.63, 3.8) is 0 Å². The highest BCUT2D eigenvalue weighted by atomic mass is 35.5. The maximum Gasteiger partial charge on any atom is 0.264 e. The largest absolute Gasteiger partial charge is 0.487 e. The molecule has 2 aliphatic carbocycles. The first-order valence-corrected chi connectivity index (χ1v) is 20.9. The van der Waals surface area contributed by atoms with Crippen LogP contribution in [-0.2, 0) is 34.3 Å². The van der Waals surface area contributed by atoms with Crippen LogP contribution < -0.4 is 14.4 Å². The van der Waals surface area contributed by atoms with Crippen molar-refractivity contribution in [1.29, 1.82) is 0 Å². The van der Waals surface area contributed by atoms with E-state index in [0.717, 1.165) is 48.9 Å². The van der Waals surface area contributed by atoms with E-state index in [1.165, 1.54) is 0 Å². The second kappa shape index (κ2) is 14.7. The van der Waals surface area contributed by atoms with Crippen molar-refractivity contribution >= 4 is 33.2 Å². The molecule has 1 aromatic heterocycles. The fourth-order valence-electron chi connectivity index (χ4n) is 8.96. The van der Waals surface area contributed by atoms with Crippen molar-refractivity contribution in [3.05, 3.63) is 89.0 Å². The third-order valence-corrected chi connectivity index (χ3v) is 15.0. The van der Waals surface area contributed by atoms with Crippen LogP contribution in [-0.4, -0.2) is 89.7 Å². The molecule has 284 valence electrons. The number of rotatable bonds is 4. The van der Waals surface area contributed by atoms with Gasteiger partial charge in [-0.2, -0.15) is 0 Å². The van der Waals surface area contributed by atoms with Gasteiger partial charge in [-0.3, -0.25) is 9.69 Å². The standard InChI is InChI=1S/C40H50ClN5O6S/c1-39-21-32(39)6-4-13-40(48,26-46-17-18-51-25-34(46)23-44-16-14-42-27-44)35-11-8-30(35)22-45-15-3-2-5-28-19-33(41)10-7-31(28)24-52-37-12-9-29(20-36(37)45)38(47)43-53(39,49)50/h4,7,9-10,12-14,16,19-20,27,30,32,34-35,48H,2-3,5-6,8,11,15,17-18,21-26H2,1H3,(H,43,47)/b13-4+/t30-,32+,34-,35+,39+,40+/m0/s1. The Labute approximate surface area is 317 Å². The third-order valence-electron chi connectivity index (χ3n) is 12.6. The molecule has 2 bridgehead atoms. The maximum absolute atomic E-state index is 13.7. The van der Waals surface area contributed by atoms with Crippen LogP contribution in [0.1, 0.15) is 66.9 Å². The van der Waals surface area contributed by atoms with Crippen molar-refractivity contribution in [1.82, 2.24) is 19.2 Å². The predicted molar refractivity (Wildman–Crippen MR) is 204 cm³/mol. The first-order chi connectivity index (χ1) is 25.5. The lowest BCUT2D eigenvalue weighted by Crippen LogP contribution is -2.59. The smallest absolute Gasteiger partial charge is 0.264 e. The van der Waals surface area contributed by atoms with Gasteiger partial charge in [0.2, 0.25) is 10.0 Å². The number of imidazole rings is 1. The molecule has 0 radical (unpaired) electrons. The van der Waals surface area contributed by atoms with Crippen LogP contribution in [0.25, 0.3) is 0 Å². The maximum atomic E-state index is 13.7. The number of β-amino-alcohol motifs (C(OH)–C–C–N with tert-alkyl or cyclic N) is 1. The summed E-state index contributed by atoms with van der Waals surface area (Å²) in [6.45, 7) is 6.46. The quantitative estimate of drug-likeness (QED) is 0.345. The van der Waals surface area contributed by atoms with Gasteiger partial charge in [-0.05, 0) is 111 Å². The average molecular weight is 764 g/mol. The summed E-state index contributed by atoms with van der Waals surface area (Å²) < 4.78 is 43.3. The summed E-state index contributed by atoms with van der Waals surface area (Å²) in [5, 5.41) is 13.6. The lowest BCUT2D eigenvalue weighted by atomic mass is 9.64. The van der Waals surface area contributed by atoms with Gasteiger partial charge >= 0.3 is 0 Å². The van der Waals surface area contributed by atoms with E-state index in [0.29, 0.717) is 76.2 Å². The molecule has 3 aromatic rings. The second-order valence-corrected chi connectivity index (χ2v) is 18.5. The minimum Gasteiger partial charge on any atom is -0.487 e. The van der Waals surface area contributed by atoms with Crippen molar-refractivity contribution in [3.8, 4) is 5.75 Å². The van der Waals surface area contributed by atoms with Gasteiger partial charge in [-0.1, -0.05) is 29.8 Å². The van der Waals surface area contributed by atoms with E-state index >= 15 is 0 Å². The molecule has 8 rings (SSSR count). The Morgan fingerprint density at radius 1 is 1.11 bits per heavy atom. The first kappa shape index (κ1) is 36.6. The molecular formula is C40H50ClN5O6S. The summed E-state index contributed by atoms with van der Waals surface area (Å²) in [4.78, 5) is 22.5. The van der Waals surface area contributed by atoms with E-state index in [9.17, 15) is 18.3 Å². The highest BCUT2D eigenvalue weighted by Gasteiger charge is 2.60. The van der Waals surface area contributed by atoms with Crippen LogP contribution in [0.15, 0.2) is 67.3 Å². The Morgan fingerprint density at radius 2 is 2.00 bits per heavy atom. The number of allylic oxidation sites excluding steroid dienone is 1. The number of morpholine rings is 1. The van der Waals surface area contributed by atoms with Gasteiger partial charge in [0.05, 0.1) is 41.6 Å². The molecule has 6 atom stereocenters. The molecule has 0 unspecified atom stereocenters. The first-order valence-electron chi connectivity index (χ1n) is 19.0. The average Bonchev–Trinajstić information content (AvgIpc) is 3.51. The van der Waals surface area contributed by atoms with Crippen LogP contribution in [0.2, 0.25) is 5.02 Å². The van der Waals surface area contributed by atoms with E-state index in [4.69, 9.17) is 21.1 Å².